The van der Waals surface area contributed by atoms with Gasteiger partial charge in [0.1, 0.15) is 17.2 Å². The predicted molar refractivity (Wildman–Crippen MR) is 113 cm³/mol. The largest absolute Gasteiger partial charge is 0.497 e. The maximum atomic E-state index is 12.9. The molecule has 1 atom stereocenters. The molecule has 160 valence electrons. The Bertz CT molecular complexity index is 899. The van der Waals surface area contributed by atoms with Crippen molar-refractivity contribution < 1.29 is 23.8 Å². The fraction of sp³-hybridized carbons (Fsp3) is 0.391. The van der Waals surface area contributed by atoms with Gasteiger partial charge >= 0.3 is 0 Å². The average molecular weight is 412 g/mol. The van der Waals surface area contributed by atoms with Gasteiger partial charge in [0.25, 0.3) is 5.91 Å². The van der Waals surface area contributed by atoms with E-state index in [2.05, 4.69) is 5.32 Å². The van der Waals surface area contributed by atoms with Gasteiger partial charge in [-0.1, -0.05) is 12.1 Å². The van der Waals surface area contributed by atoms with E-state index in [4.69, 9.17) is 14.2 Å². The summed E-state index contributed by atoms with van der Waals surface area (Å²) in [6, 6.07) is 12.5. The maximum Gasteiger partial charge on any atom is 0.255 e. The van der Waals surface area contributed by atoms with Gasteiger partial charge in [-0.05, 0) is 44.0 Å². The van der Waals surface area contributed by atoms with E-state index in [1.807, 2.05) is 31.2 Å². The minimum absolute atomic E-state index is 0.0751. The lowest BCUT2D eigenvalue weighted by Crippen LogP contribution is -2.40. The van der Waals surface area contributed by atoms with Crippen LogP contribution in [0.2, 0.25) is 0 Å². The molecule has 1 heterocycles. The smallest absolute Gasteiger partial charge is 0.255 e. The first-order valence-electron chi connectivity index (χ1n) is 10.1. The van der Waals surface area contributed by atoms with Crippen LogP contribution in [-0.4, -0.2) is 50.6 Å². The SMILES string of the molecule is CCOc1ccccc1C(=O)NCC(=O)N1CCCC1c1ccc(OC)cc1OC. The molecule has 30 heavy (non-hydrogen) atoms. The third-order valence-corrected chi connectivity index (χ3v) is 5.20. The highest BCUT2D eigenvalue weighted by Gasteiger charge is 2.32. The van der Waals surface area contributed by atoms with E-state index in [9.17, 15) is 9.59 Å². The number of hydrogen-bond acceptors (Lipinski definition) is 5. The monoisotopic (exact) mass is 412 g/mol. The molecule has 2 aromatic carbocycles. The van der Waals surface area contributed by atoms with Crippen LogP contribution >= 0.6 is 0 Å². The molecule has 1 unspecified atom stereocenters. The fourth-order valence-electron chi connectivity index (χ4n) is 3.77. The van der Waals surface area contributed by atoms with Gasteiger partial charge in [0.2, 0.25) is 5.91 Å². The number of nitrogens with one attached hydrogen (secondary N) is 1. The normalized spacial score (nSPS) is 15.6. The lowest BCUT2D eigenvalue weighted by Gasteiger charge is -2.26. The van der Waals surface area contributed by atoms with Gasteiger partial charge in [-0.25, -0.2) is 0 Å². The number of rotatable bonds is 8. The van der Waals surface area contributed by atoms with Gasteiger partial charge < -0.3 is 24.4 Å². The molecule has 0 bridgehead atoms. The second-order valence-corrected chi connectivity index (χ2v) is 6.96. The fourth-order valence-corrected chi connectivity index (χ4v) is 3.77. The van der Waals surface area contributed by atoms with Crippen molar-refractivity contribution in [1.29, 1.82) is 0 Å². The number of likely N-dealkylation sites (tertiary alicyclic amines) is 1. The number of ether oxygens (including phenoxy) is 3. The summed E-state index contributed by atoms with van der Waals surface area (Å²) in [6.45, 7) is 2.89. The van der Waals surface area contributed by atoms with E-state index in [0.29, 0.717) is 36.0 Å². The molecule has 7 nitrogen and oxygen atoms in total. The topological polar surface area (TPSA) is 77.1 Å². The molecule has 1 saturated heterocycles. The summed E-state index contributed by atoms with van der Waals surface area (Å²) in [5, 5.41) is 2.73. The van der Waals surface area contributed by atoms with Crippen LogP contribution in [0.25, 0.3) is 0 Å². The Labute approximate surface area is 176 Å². The zero-order valence-corrected chi connectivity index (χ0v) is 17.6. The van der Waals surface area contributed by atoms with Crippen LogP contribution in [0.3, 0.4) is 0 Å². The summed E-state index contributed by atoms with van der Waals surface area (Å²) in [5.74, 6) is 1.44. The van der Waals surface area contributed by atoms with Crippen molar-refractivity contribution in [2.24, 2.45) is 0 Å². The van der Waals surface area contributed by atoms with Gasteiger partial charge in [0.05, 0.1) is 39.0 Å². The number of carbonyl (C=O) groups is 2. The van der Waals surface area contributed by atoms with E-state index in [0.717, 1.165) is 18.4 Å². The van der Waals surface area contributed by atoms with Crippen molar-refractivity contribution in [3.63, 3.8) is 0 Å². The summed E-state index contributed by atoms with van der Waals surface area (Å²) in [5.41, 5.74) is 1.36. The van der Waals surface area contributed by atoms with Crippen LogP contribution in [0.5, 0.6) is 17.2 Å². The maximum absolute atomic E-state index is 12.9. The molecular weight excluding hydrogens is 384 g/mol. The Kier molecular flexibility index (Phi) is 7.17. The summed E-state index contributed by atoms with van der Waals surface area (Å²) < 4.78 is 16.3. The van der Waals surface area contributed by atoms with E-state index in [1.54, 1.807) is 37.3 Å². The van der Waals surface area contributed by atoms with Crippen LogP contribution in [0.15, 0.2) is 42.5 Å². The highest BCUT2D eigenvalue weighted by Crippen LogP contribution is 2.38. The second-order valence-electron chi connectivity index (χ2n) is 6.96. The van der Waals surface area contributed by atoms with Crippen LogP contribution in [0, 0.1) is 0 Å². The zero-order chi connectivity index (χ0) is 21.5. The minimum atomic E-state index is -0.329. The Morgan fingerprint density at radius 1 is 1.10 bits per heavy atom. The van der Waals surface area contributed by atoms with E-state index in [1.165, 1.54) is 0 Å². The van der Waals surface area contributed by atoms with Gasteiger partial charge in [-0.15, -0.1) is 0 Å². The quantitative estimate of drug-likeness (QED) is 0.721. The number of amides is 2. The highest BCUT2D eigenvalue weighted by atomic mass is 16.5. The molecule has 0 aromatic heterocycles. The van der Waals surface area contributed by atoms with Gasteiger partial charge in [0, 0.05) is 18.2 Å². The summed E-state index contributed by atoms with van der Waals surface area (Å²) >= 11 is 0. The molecule has 1 fully saturated rings. The van der Waals surface area contributed by atoms with Gasteiger partial charge in [-0.3, -0.25) is 9.59 Å². The van der Waals surface area contributed by atoms with Crippen LogP contribution in [-0.2, 0) is 4.79 Å². The lowest BCUT2D eigenvalue weighted by molar-refractivity contribution is -0.131. The predicted octanol–water partition coefficient (Wildman–Crippen LogP) is 3.20. The number of para-hydroxylation sites is 1. The molecule has 1 N–H and O–H groups in total. The van der Waals surface area contributed by atoms with Crippen LogP contribution in [0.4, 0.5) is 0 Å². The Hall–Kier alpha value is -3.22. The second kappa shape index (κ2) is 10.0. The third-order valence-electron chi connectivity index (χ3n) is 5.20. The van der Waals surface area contributed by atoms with Crippen molar-refractivity contribution >= 4 is 11.8 Å². The Morgan fingerprint density at radius 3 is 2.63 bits per heavy atom. The van der Waals surface area contributed by atoms with Crippen molar-refractivity contribution in [1.82, 2.24) is 10.2 Å². The van der Waals surface area contributed by atoms with E-state index in [-0.39, 0.29) is 24.4 Å². The molecule has 1 aliphatic heterocycles. The first-order valence-corrected chi connectivity index (χ1v) is 10.1. The molecule has 0 radical (unpaired) electrons. The van der Waals surface area contributed by atoms with Crippen molar-refractivity contribution in [3.8, 4) is 17.2 Å². The molecule has 7 heteroatoms. The summed E-state index contributed by atoms with van der Waals surface area (Å²) in [4.78, 5) is 27.3. The van der Waals surface area contributed by atoms with Crippen molar-refractivity contribution in [2.75, 3.05) is 33.9 Å². The third kappa shape index (κ3) is 4.67. The number of methoxy groups -OCH3 is 2. The number of nitrogens with zero attached hydrogens (tertiary/aromatic N) is 1. The Balaban J connectivity index is 1.69. The van der Waals surface area contributed by atoms with Crippen LogP contribution < -0.4 is 19.5 Å². The Morgan fingerprint density at radius 2 is 1.90 bits per heavy atom. The van der Waals surface area contributed by atoms with E-state index >= 15 is 0 Å². The van der Waals surface area contributed by atoms with Crippen LogP contribution in [0.1, 0.15) is 41.7 Å². The summed E-state index contributed by atoms with van der Waals surface area (Å²) in [6.07, 6.45) is 1.74. The zero-order valence-electron chi connectivity index (χ0n) is 17.6. The van der Waals surface area contributed by atoms with Crippen molar-refractivity contribution in [3.05, 3.63) is 53.6 Å². The van der Waals surface area contributed by atoms with E-state index < -0.39 is 0 Å². The number of benzene rings is 2. The van der Waals surface area contributed by atoms with Gasteiger partial charge in [0.15, 0.2) is 0 Å². The minimum Gasteiger partial charge on any atom is -0.497 e. The number of hydrogen-bond donors (Lipinski definition) is 1. The molecule has 2 aromatic rings. The molecule has 2 amide bonds. The molecule has 1 aliphatic rings. The average Bonchev–Trinajstić information content (AvgIpc) is 3.27. The lowest BCUT2D eigenvalue weighted by atomic mass is 10.0. The number of carbonyl (C=O) groups excluding carboxylic acids is 2. The molecule has 3 rings (SSSR count). The first-order chi connectivity index (χ1) is 14.6. The molecule has 0 spiro atoms. The van der Waals surface area contributed by atoms with Crippen molar-refractivity contribution in [2.45, 2.75) is 25.8 Å². The first kappa shape index (κ1) is 21.5. The summed E-state index contributed by atoms with van der Waals surface area (Å²) in [7, 11) is 3.21. The standard InChI is InChI=1S/C23H28N2O5/c1-4-30-20-10-6-5-8-18(20)23(27)24-15-22(26)25-13-7-9-19(25)17-12-11-16(28-2)14-21(17)29-3/h5-6,8,10-12,14,19H,4,7,9,13,15H2,1-3H3,(H,24,27). The molecular formula is C23H28N2O5. The molecule has 0 aliphatic carbocycles. The molecule has 0 saturated carbocycles. The van der Waals surface area contributed by atoms with Gasteiger partial charge in [-0.2, -0.15) is 0 Å². The highest BCUT2D eigenvalue weighted by molar-refractivity contribution is 5.98.